The predicted molar refractivity (Wildman–Crippen MR) is 80.4 cm³/mol. The minimum Gasteiger partial charge on any atom is -0.508 e. The Balaban J connectivity index is 1.75. The first kappa shape index (κ1) is 13.4. The van der Waals surface area contributed by atoms with Gasteiger partial charge >= 0.3 is 0 Å². The van der Waals surface area contributed by atoms with Crippen LogP contribution < -0.4 is 0 Å². The molecule has 1 aromatic rings. The van der Waals surface area contributed by atoms with Gasteiger partial charge in [-0.3, -0.25) is 0 Å². The number of phenols is 2. The lowest BCUT2D eigenvalue weighted by molar-refractivity contribution is -0.0229. The van der Waals surface area contributed by atoms with Crippen LogP contribution >= 0.6 is 0 Å². The van der Waals surface area contributed by atoms with Gasteiger partial charge in [-0.1, -0.05) is 6.92 Å². The second kappa shape index (κ2) is 4.39. The maximum Gasteiger partial charge on any atom is 0.123 e. The van der Waals surface area contributed by atoms with Crippen molar-refractivity contribution in [3.05, 3.63) is 23.3 Å². The van der Waals surface area contributed by atoms with Crippen molar-refractivity contribution in [2.75, 3.05) is 0 Å². The van der Waals surface area contributed by atoms with Gasteiger partial charge in [0.15, 0.2) is 0 Å². The number of aryl methyl sites for hydroxylation is 1. The first-order valence-corrected chi connectivity index (χ1v) is 8.23. The Morgan fingerprint density at radius 3 is 2.71 bits per heavy atom. The minimum absolute atomic E-state index is 0.0746. The molecule has 3 heteroatoms. The molecule has 0 aliphatic heterocycles. The Morgan fingerprint density at radius 2 is 1.90 bits per heavy atom. The Morgan fingerprint density at radius 1 is 1.10 bits per heavy atom. The van der Waals surface area contributed by atoms with Crippen molar-refractivity contribution < 1.29 is 15.3 Å². The standard InChI is InChI=1S/C18H24O3/c1-18-7-6-13-12(14(18)4-5-16(18)21)3-2-10-8-11(19)9-15(20)17(10)13/h8-9,12-14,16,19-21H,2-7H2,1H3/t12-,13+,14+,16-,18+/m1/s1. The third-order valence-corrected chi connectivity index (χ3v) is 6.73. The van der Waals surface area contributed by atoms with Gasteiger partial charge < -0.3 is 15.3 Å². The number of hydrogen-bond donors (Lipinski definition) is 3. The first-order valence-electron chi connectivity index (χ1n) is 8.23. The van der Waals surface area contributed by atoms with Crippen molar-refractivity contribution in [3.8, 4) is 11.5 Å². The summed E-state index contributed by atoms with van der Waals surface area (Å²) in [6.45, 7) is 2.26. The maximum atomic E-state index is 10.4. The van der Waals surface area contributed by atoms with Gasteiger partial charge in [0.1, 0.15) is 11.5 Å². The molecule has 2 fully saturated rings. The van der Waals surface area contributed by atoms with Crippen LogP contribution in [0.3, 0.4) is 0 Å². The molecule has 21 heavy (non-hydrogen) atoms. The highest BCUT2D eigenvalue weighted by Gasteiger charge is 2.54. The lowest BCUT2D eigenvalue weighted by Crippen LogP contribution is -2.43. The average molecular weight is 288 g/mol. The van der Waals surface area contributed by atoms with Crippen molar-refractivity contribution in [2.45, 2.75) is 57.5 Å². The number of aliphatic hydroxyl groups is 1. The van der Waals surface area contributed by atoms with Crippen LogP contribution in [-0.2, 0) is 6.42 Å². The van der Waals surface area contributed by atoms with E-state index in [-0.39, 0.29) is 23.0 Å². The zero-order valence-electron chi connectivity index (χ0n) is 12.5. The Kier molecular flexibility index (Phi) is 2.81. The van der Waals surface area contributed by atoms with Gasteiger partial charge in [0.2, 0.25) is 0 Å². The molecule has 114 valence electrons. The van der Waals surface area contributed by atoms with E-state index in [1.165, 1.54) is 6.07 Å². The molecule has 0 bridgehead atoms. The fourth-order valence-electron chi connectivity index (χ4n) is 5.66. The molecule has 0 amide bonds. The monoisotopic (exact) mass is 288 g/mol. The van der Waals surface area contributed by atoms with E-state index in [9.17, 15) is 15.3 Å². The summed E-state index contributed by atoms with van der Waals surface area (Å²) < 4.78 is 0. The summed E-state index contributed by atoms with van der Waals surface area (Å²) >= 11 is 0. The molecular weight excluding hydrogens is 264 g/mol. The topological polar surface area (TPSA) is 60.7 Å². The zero-order valence-corrected chi connectivity index (χ0v) is 12.5. The van der Waals surface area contributed by atoms with E-state index in [0.29, 0.717) is 17.8 Å². The molecule has 0 spiro atoms. The second-order valence-electron chi connectivity index (χ2n) is 7.59. The van der Waals surface area contributed by atoms with Crippen molar-refractivity contribution in [3.63, 3.8) is 0 Å². The van der Waals surface area contributed by atoms with E-state index < -0.39 is 0 Å². The summed E-state index contributed by atoms with van der Waals surface area (Å²) in [7, 11) is 0. The molecule has 5 atom stereocenters. The van der Waals surface area contributed by atoms with Crippen molar-refractivity contribution >= 4 is 0 Å². The number of rotatable bonds is 0. The highest BCUT2D eigenvalue weighted by molar-refractivity contribution is 5.49. The van der Waals surface area contributed by atoms with Gasteiger partial charge in [0, 0.05) is 11.6 Å². The van der Waals surface area contributed by atoms with Gasteiger partial charge in [-0.15, -0.1) is 0 Å². The van der Waals surface area contributed by atoms with Crippen LogP contribution in [0.4, 0.5) is 0 Å². The van der Waals surface area contributed by atoms with Crippen molar-refractivity contribution in [2.24, 2.45) is 17.3 Å². The van der Waals surface area contributed by atoms with E-state index in [0.717, 1.165) is 49.7 Å². The summed E-state index contributed by atoms with van der Waals surface area (Å²) in [6, 6.07) is 3.31. The summed E-state index contributed by atoms with van der Waals surface area (Å²) in [6.07, 6.45) is 6.03. The number of fused-ring (bicyclic) bond motifs is 5. The second-order valence-corrected chi connectivity index (χ2v) is 7.59. The molecule has 1 aromatic carbocycles. The van der Waals surface area contributed by atoms with Crippen LogP contribution in [0.25, 0.3) is 0 Å². The van der Waals surface area contributed by atoms with Gasteiger partial charge in [-0.25, -0.2) is 0 Å². The van der Waals surface area contributed by atoms with Crippen molar-refractivity contribution in [1.82, 2.24) is 0 Å². The molecule has 4 rings (SSSR count). The highest BCUT2D eigenvalue weighted by Crippen LogP contribution is 2.61. The third kappa shape index (κ3) is 1.76. The smallest absolute Gasteiger partial charge is 0.123 e. The molecule has 3 N–H and O–H groups in total. The molecule has 3 aliphatic rings. The molecule has 3 aliphatic carbocycles. The van der Waals surface area contributed by atoms with E-state index in [1.807, 2.05) is 6.07 Å². The molecule has 0 saturated heterocycles. The maximum absolute atomic E-state index is 10.4. The first-order chi connectivity index (χ1) is 10.0. The van der Waals surface area contributed by atoms with E-state index in [2.05, 4.69) is 6.92 Å². The Hall–Kier alpha value is -1.22. The average Bonchev–Trinajstić information content (AvgIpc) is 2.74. The normalized spacial score (nSPS) is 41.2. The summed E-state index contributed by atoms with van der Waals surface area (Å²) in [4.78, 5) is 0. The third-order valence-electron chi connectivity index (χ3n) is 6.73. The number of hydrogen-bond acceptors (Lipinski definition) is 3. The van der Waals surface area contributed by atoms with E-state index >= 15 is 0 Å². The van der Waals surface area contributed by atoms with Crippen LogP contribution in [0.5, 0.6) is 11.5 Å². The molecule has 3 nitrogen and oxygen atoms in total. The van der Waals surface area contributed by atoms with Gasteiger partial charge in [-0.05, 0) is 73.3 Å². The van der Waals surface area contributed by atoms with Crippen molar-refractivity contribution in [1.29, 1.82) is 0 Å². The number of benzene rings is 1. The molecule has 0 heterocycles. The summed E-state index contributed by atoms with van der Waals surface area (Å²) in [5.74, 6) is 1.98. The van der Waals surface area contributed by atoms with Crippen LogP contribution in [0.15, 0.2) is 12.1 Å². The number of phenolic OH excluding ortho intramolecular Hbond substituents is 2. The quantitative estimate of drug-likeness (QED) is 0.686. The lowest BCUT2D eigenvalue weighted by Gasteiger charge is -2.50. The molecule has 2 saturated carbocycles. The zero-order chi connectivity index (χ0) is 14.8. The van der Waals surface area contributed by atoms with Crippen LogP contribution in [0.2, 0.25) is 0 Å². The molecule has 0 aromatic heterocycles. The fourth-order valence-corrected chi connectivity index (χ4v) is 5.66. The molecule has 0 unspecified atom stereocenters. The van der Waals surface area contributed by atoms with Gasteiger partial charge in [0.25, 0.3) is 0 Å². The Bertz CT molecular complexity index is 582. The van der Waals surface area contributed by atoms with Crippen LogP contribution in [-0.4, -0.2) is 21.4 Å². The van der Waals surface area contributed by atoms with Gasteiger partial charge in [0.05, 0.1) is 6.10 Å². The number of aromatic hydroxyl groups is 2. The van der Waals surface area contributed by atoms with E-state index in [4.69, 9.17) is 0 Å². The summed E-state index contributed by atoms with van der Waals surface area (Å²) in [5, 5.41) is 30.4. The minimum atomic E-state index is -0.154. The van der Waals surface area contributed by atoms with Gasteiger partial charge in [-0.2, -0.15) is 0 Å². The molecular formula is C18H24O3. The largest absolute Gasteiger partial charge is 0.508 e. The highest BCUT2D eigenvalue weighted by atomic mass is 16.3. The SMILES string of the molecule is C[C@]12CC[C@@H]3c4c(O)cc(O)cc4CC[C@H]3[C@@H]1CC[C@H]2O. The summed E-state index contributed by atoms with van der Waals surface area (Å²) in [5.41, 5.74) is 2.27. The number of aliphatic hydroxyl groups excluding tert-OH is 1. The lowest BCUT2D eigenvalue weighted by atomic mass is 9.55. The molecule has 0 radical (unpaired) electrons. The van der Waals surface area contributed by atoms with Crippen LogP contribution in [0.1, 0.15) is 56.1 Å². The van der Waals surface area contributed by atoms with E-state index in [1.54, 1.807) is 0 Å². The van der Waals surface area contributed by atoms with Crippen LogP contribution in [0, 0.1) is 17.3 Å². The predicted octanol–water partition coefficient (Wildman–Crippen LogP) is 3.31. The Labute approximate surface area is 125 Å². The fraction of sp³-hybridized carbons (Fsp3) is 0.667.